The maximum atomic E-state index is 15.3. The Morgan fingerprint density at radius 3 is 2.70 bits per heavy atom. The SMILES string of the molecule is N#Cc1ccc(-c2c(F)cc(C(=O)Nc3ccc4cccnc4n3)cc2OC2COC2)cc1. The number of nitrogens with zero attached hydrogens (tertiary/aromatic N) is 3. The van der Waals surface area contributed by atoms with E-state index in [1.165, 1.54) is 6.07 Å². The lowest BCUT2D eigenvalue weighted by molar-refractivity contribution is -0.0795. The number of aromatic nitrogens is 2. The Kier molecular flexibility index (Phi) is 5.39. The maximum Gasteiger partial charge on any atom is 0.257 e. The van der Waals surface area contributed by atoms with Crippen molar-refractivity contribution in [3.05, 3.63) is 83.8 Å². The molecule has 0 atom stereocenters. The topological polar surface area (TPSA) is 97.1 Å². The minimum Gasteiger partial charge on any atom is -0.485 e. The summed E-state index contributed by atoms with van der Waals surface area (Å²) in [6.45, 7) is 0.776. The third-order valence-electron chi connectivity index (χ3n) is 5.23. The number of rotatable bonds is 5. The summed E-state index contributed by atoms with van der Waals surface area (Å²) in [6, 6.07) is 18.3. The van der Waals surface area contributed by atoms with Gasteiger partial charge in [0, 0.05) is 17.1 Å². The standard InChI is InChI=1S/C25H17FN4O3/c26-20-10-18(25(31)30-22-8-7-17-2-1-9-28-24(17)29-22)11-21(33-19-13-32-14-19)23(20)16-5-3-15(12-27)4-6-16/h1-11,19H,13-14H2,(H,28,29,30,31). The van der Waals surface area contributed by atoms with E-state index in [-0.39, 0.29) is 23.0 Å². The monoisotopic (exact) mass is 440 g/mol. The molecule has 1 fully saturated rings. The van der Waals surface area contributed by atoms with Gasteiger partial charge in [0.05, 0.1) is 30.4 Å². The van der Waals surface area contributed by atoms with Crippen LogP contribution in [0.5, 0.6) is 5.75 Å². The van der Waals surface area contributed by atoms with E-state index in [1.807, 2.05) is 12.1 Å². The second kappa shape index (κ2) is 8.65. The van der Waals surface area contributed by atoms with Crippen molar-refractivity contribution in [2.45, 2.75) is 6.10 Å². The number of carbonyl (C=O) groups is 1. The molecule has 5 rings (SSSR count). The maximum absolute atomic E-state index is 15.3. The fourth-order valence-corrected chi connectivity index (χ4v) is 3.47. The van der Waals surface area contributed by atoms with Gasteiger partial charge < -0.3 is 14.8 Å². The number of anilines is 1. The lowest BCUT2D eigenvalue weighted by Gasteiger charge is -2.28. The summed E-state index contributed by atoms with van der Waals surface area (Å²) >= 11 is 0. The molecule has 1 amide bonds. The largest absolute Gasteiger partial charge is 0.485 e. The number of hydrogen-bond acceptors (Lipinski definition) is 6. The molecule has 0 radical (unpaired) electrons. The van der Waals surface area contributed by atoms with E-state index in [9.17, 15) is 4.79 Å². The van der Waals surface area contributed by atoms with Gasteiger partial charge in [-0.05, 0) is 54.1 Å². The molecule has 33 heavy (non-hydrogen) atoms. The summed E-state index contributed by atoms with van der Waals surface area (Å²) in [5.74, 6) is -0.613. The zero-order chi connectivity index (χ0) is 22.8. The van der Waals surface area contributed by atoms with Gasteiger partial charge in [-0.3, -0.25) is 4.79 Å². The van der Waals surface area contributed by atoms with Gasteiger partial charge >= 0.3 is 0 Å². The highest BCUT2D eigenvalue weighted by Gasteiger charge is 2.25. The second-order valence-corrected chi connectivity index (χ2v) is 7.50. The molecule has 0 spiro atoms. The first-order valence-corrected chi connectivity index (χ1v) is 10.2. The van der Waals surface area contributed by atoms with Crippen molar-refractivity contribution in [2.75, 3.05) is 18.5 Å². The van der Waals surface area contributed by atoms with Crippen LogP contribution in [0.25, 0.3) is 22.2 Å². The first-order valence-electron chi connectivity index (χ1n) is 10.2. The lowest BCUT2D eigenvalue weighted by atomic mass is 10.00. The molecule has 3 heterocycles. The average molecular weight is 440 g/mol. The summed E-state index contributed by atoms with van der Waals surface area (Å²) < 4.78 is 26.4. The zero-order valence-corrected chi connectivity index (χ0v) is 17.3. The molecule has 8 heteroatoms. The van der Waals surface area contributed by atoms with Gasteiger partial charge in [-0.15, -0.1) is 0 Å². The molecule has 7 nitrogen and oxygen atoms in total. The van der Waals surface area contributed by atoms with Crippen molar-refractivity contribution < 1.29 is 18.7 Å². The molecule has 162 valence electrons. The number of nitrogens with one attached hydrogen (secondary N) is 1. The lowest BCUT2D eigenvalue weighted by Crippen LogP contribution is -2.38. The van der Waals surface area contributed by atoms with Crippen molar-refractivity contribution in [2.24, 2.45) is 0 Å². The number of carbonyl (C=O) groups excluding carboxylic acids is 1. The summed E-state index contributed by atoms with van der Waals surface area (Å²) in [6.07, 6.45) is 1.39. The fourth-order valence-electron chi connectivity index (χ4n) is 3.47. The quantitative estimate of drug-likeness (QED) is 0.496. The molecule has 0 saturated carbocycles. The van der Waals surface area contributed by atoms with Crippen LogP contribution in [-0.2, 0) is 4.74 Å². The van der Waals surface area contributed by atoms with Crippen molar-refractivity contribution in [3.8, 4) is 22.9 Å². The van der Waals surface area contributed by atoms with Crippen LogP contribution in [0.15, 0.2) is 66.9 Å². The third kappa shape index (κ3) is 4.22. The molecule has 4 aromatic rings. The van der Waals surface area contributed by atoms with Crippen LogP contribution >= 0.6 is 0 Å². The normalized spacial score (nSPS) is 13.2. The third-order valence-corrected chi connectivity index (χ3v) is 5.23. The highest BCUT2D eigenvalue weighted by molar-refractivity contribution is 6.05. The van der Waals surface area contributed by atoms with Gasteiger partial charge in [0.2, 0.25) is 0 Å². The first-order chi connectivity index (χ1) is 16.1. The Labute approximate surface area is 188 Å². The number of hydrogen-bond donors (Lipinski definition) is 1. The van der Waals surface area contributed by atoms with Crippen LogP contribution < -0.4 is 10.1 Å². The Hall–Kier alpha value is -4.35. The molecule has 1 aliphatic heterocycles. The molecular formula is C25H17FN4O3. The zero-order valence-electron chi connectivity index (χ0n) is 17.3. The highest BCUT2D eigenvalue weighted by Crippen LogP contribution is 2.35. The Bertz CT molecular complexity index is 1400. The van der Waals surface area contributed by atoms with E-state index in [0.717, 1.165) is 11.5 Å². The van der Waals surface area contributed by atoms with Crippen molar-refractivity contribution in [1.29, 1.82) is 5.26 Å². The smallest absolute Gasteiger partial charge is 0.257 e. The van der Waals surface area contributed by atoms with Crippen LogP contribution in [0.3, 0.4) is 0 Å². The van der Waals surface area contributed by atoms with Crippen molar-refractivity contribution >= 4 is 22.8 Å². The van der Waals surface area contributed by atoms with Crippen LogP contribution in [0.4, 0.5) is 10.2 Å². The van der Waals surface area contributed by atoms with Crippen LogP contribution in [0.2, 0.25) is 0 Å². The molecule has 2 aromatic heterocycles. The Morgan fingerprint density at radius 2 is 1.97 bits per heavy atom. The van der Waals surface area contributed by atoms with Crippen LogP contribution in [0, 0.1) is 17.1 Å². The summed E-state index contributed by atoms with van der Waals surface area (Å²) in [7, 11) is 0. The first kappa shape index (κ1) is 20.5. The van der Waals surface area contributed by atoms with Gasteiger partial charge in [0.15, 0.2) is 5.65 Å². The van der Waals surface area contributed by atoms with E-state index in [2.05, 4.69) is 15.3 Å². The van der Waals surface area contributed by atoms with E-state index >= 15 is 4.39 Å². The van der Waals surface area contributed by atoms with E-state index in [0.29, 0.717) is 35.8 Å². The molecule has 0 bridgehead atoms. The minimum atomic E-state index is -0.615. The minimum absolute atomic E-state index is 0.0862. The van der Waals surface area contributed by atoms with Gasteiger partial charge in [-0.2, -0.15) is 5.26 Å². The predicted molar refractivity (Wildman–Crippen MR) is 119 cm³/mol. The van der Waals surface area contributed by atoms with Crippen molar-refractivity contribution in [3.63, 3.8) is 0 Å². The molecular weight excluding hydrogens is 423 g/mol. The summed E-state index contributed by atoms with van der Waals surface area (Å²) in [5.41, 5.74) is 1.80. The van der Waals surface area contributed by atoms with Gasteiger partial charge in [0.1, 0.15) is 23.5 Å². The molecule has 0 aliphatic carbocycles. The fraction of sp³-hybridized carbons (Fsp3) is 0.120. The van der Waals surface area contributed by atoms with E-state index in [4.69, 9.17) is 14.7 Å². The van der Waals surface area contributed by atoms with Crippen LogP contribution in [-0.4, -0.2) is 35.2 Å². The Balaban J connectivity index is 1.48. The van der Waals surface area contributed by atoms with Gasteiger partial charge in [-0.25, -0.2) is 14.4 Å². The van der Waals surface area contributed by atoms with Crippen molar-refractivity contribution in [1.82, 2.24) is 9.97 Å². The number of fused-ring (bicyclic) bond motifs is 1. The number of ether oxygens (including phenoxy) is 2. The summed E-state index contributed by atoms with van der Waals surface area (Å²) in [5, 5.41) is 12.6. The Morgan fingerprint density at radius 1 is 1.15 bits per heavy atom. The number of amides is 1. The van der Waals surface area contributed by atoms with Gasteiger partial charge in [-0.1, -0.05) is 12.1 Å². The van der Waals surface area contributed by atoms with E-state index in [1.54, 1.807) is 48.7 Å². The molecule has 2 aromatic carbocycles. The summed E-state index contributed by atoms with van der Waals surface area (Å²) in [4.78, 5) is 21.4. The van der Waals surface area contributed by atoms with E-state index < -0.39 is 11.7 Å². The second-order valence-electron chi connectivity index (χ2n) is 7.50. The van der Waals surface area contributed by atoms with Crippen LogP contribution in [0.1, 0.15) is 15.9 Å². The number of pyridine rings is 2. The molecule has 0 unspecified atom stereocenters. The molecule has 1 N–H and O–H groups in total. The average Bonchev–Trinajstić information content (AvgIpc) is 2.81. The number of benzene rings is 2. The highest BCUT2D eigenvalue weighted by atomic mass is 19.1. The van der Waals surface area contributed by atoms with Gasteiger partial charge in [0.25, 0.3) is 5.91 Å². The number of nitriles is 1. The molecule has 1 saturated heterocycles. The predicted octanol–water partition coefficient (Wildman–Crippen LogP) is 4.34. The molecule has 1 aliphatic rings. The number of halogens is 1.